The van der Waals surface area contributed by atoms with Gasteiger partial charge in [0.25, 0.3) is 0 Å². The molecule has 0 radical (unpaired) electrons. The molecule has 1 aliphatic rings. The highest BCUT2D eigenvalue weighted by atomic mass is 79.9. The Labute approximate surface area is 140 Å². The van der Waals surface area contributed by atoms with Crippen molar-refractivity contribution in [2.45, 2.75) is 31.1 Å². The van der Waals surface area contributed by atoms with Crippen LogP contribution in [0.2, 0.25) is 0 Å². The molecule has 1 atom stereocenters. The molecule has 5 nitrogen and oxygen atoms in total. The van der Waals surface area contributed by atoms with Gasteiger partial charge in [-0.2, -0.15) is 4.31 Å². The highest BCUT2D eigenvalue weighted by molar-refractivity contribution is 9.10. The van der Waals surface area contributed by atoms with Crippen LogP contribution in [0, 0.1) is 5.92 Å². The molecule has 0 aromatic heterocycles. The average molecular weight is 389 g/mol. The molecule has 1 fully saturated rings. The van der Waals surface area contributed by atoms with Gasteiger partial charge in [-0.05, 0) is 43.5 Å². The minimum Gasteiger partial charge on any atom is -0.356 e. The molecule has 1 saturated heterocycles. The Bertz CT molecular complexity index is 616. The van der Waals surface area contributed by atoms with Gasteiger partial charge in [0.15, 0.2) is 0 Å². The number of carbonyl (C=O) groups is 1. The van der Waals surface area contributed by atoms with Crippen LogP contribution >= 0.6 is 15.9 Å². The van der Waals surface area contributed by atoms with Crippen LogP contribution in [0.4, 0.5) is 0 Å². The van der Waals surface area contributed by atoms with Gasteiger partial charge in [-0.3, -0.25) is 4.79 Å². The summed E-state index contributed by atoms with van der Waals surface area (Å²) in [6, 6.07) is 6.59. The van der Waals surface area contributed by atoms with E-state index in [1.54, 1.807) is 24.3 Å². The number of nitrogens with one attached hydrogen (secondary N) is 1. The molecule has 1 N–H and O–H groups in total. The third-order valence-electron chi connectivity index (χ3n) is 3.76. The van der Waals surface area contributed by atoms with E-state index in [0.29, 0.717) is 19.5 Å². The maximum Gasteiger partial charge on any atom is 0.243 e. The van der Waals surface area contributed by atoms with Crippen LogP contribution in [0.1, 0.15) is 26.2 Å². The van der Waals surface area contributed by atoms with Crippen molar-refractivity contribution in [2.75, 3.05) is 19.6 Å². The Hall–Kier alpha value is -0.920. The number of hydrogen-bond donors (Lipinski definition) is 1. The van der Waals surface area contributed by atoms with Crippen molar-refractivity contribution in [2.24, 2.45) is 5.92 Å². The molecule has 1 aromatic carbocycles. The van der Waals surface area contributed by atoms with E-state index in [9.17, 15) is 13.2 Å². The van der Waals surface area contributed by atoms with Gasteiger partial charge in [0.05, 0.1) is 10.8 Å². The lowest BCUT2D eigenvalue weighted by molar-refractivity contribution is -0.126. The molecule has 1 aromatic rings. The maximum absolute atomic E-state index is 12.7. The van der Waals surface area contributed by atoms with Crippen LogP contribution in [0.25, 0.3) is 0 Å². The van der Waals surface area contributed by atoms with Crippen molar-refractivity contribution < 1.29 is 13.2 Å². The highest BCUT2D eigenvalue weighted by Crippen LogP contribution is 2.24. The summed E-state index contributed by atoms with van der Waals surface area (Å²) in [7, 11) is -3.53. The number of benzene rings is 1. The van der Waals surface area contributed by atoms with Gasteiger partial charge in [-0.15, -0.1) is 0 Å². The smallest absolute Gasteiger partial charge is 0.243 e. The summed E-state index contributed by atoms with van der Waals surface area (Å²) in [5, 5.41) is 2.85. The average Bonchev–Trinajstić information content (AvgIpc) is 2.53. The Morgan fingerprint density at radius 3 is 2.68 bits per heavy atom. The van der Waals surface area contributed by atoms with Gasteiger partial charge in [0.1, 0.15) is 0 Å². The first-order valence-electron chi connectivity index (χ1n) is 7.48. The molecule has 1 heterocycles. The number of sulfonamides is 1. The largest absolute Gasteiger partial charge is 0.356 e. The van der Waals surface area contributed by atoms with E-state index in [0.717, 1.165) is 17.3 Å². The molecule has 0 saturated carbocycles. The van der Waals surface area contributed by atoms with Gasteiger partial charge < -0.3 is 5.32 Å². The molecule has 122 valence electrons. The molecular formula is C15H21BrN2O3S. The third kappa shape index (κ3) is 4.08. The lowest BCUT2D eigenvalue weighted by atomic mass is 9.99. The van der Waals surface area contributed by atoms with E-state index in [1.165, 1.54) is 4.31 Å². The predicted octanol–water partition coefficient (Wildman–Crippen LogP) is 2.38. The first-order chi connectivity index (χ1) is 10.4. The fourth-order valence-electron chi connectivity index (χ4n) is 2.52. The summed E-state index contributed by atoms with van der Waals surface area (Å²) in [5.41, 5.74) is 0. The quantitative estimate of drug-likeness (QED) is 0.841. The van der Waals surface area contributed by atoms with Crippen molar-refractivity contribution in [3.8, 4) is 0 Å². The number of carbonyl (C=O) groups excluding carboxylic acids is 1. The van der Waals surface area contributed by atoms with Crippen LogP contribution < -0.4 is 5.32 Å². The Kier molecular flexibility index (Phi) is 6.00. The lowest BCUT2D eigenvalue weighted by Crippen LogP contribution is -2.45. The summed E-state index contributed by atoms with van der Waals surface area (Å²) in [4.78, 5) is 12.3. The second-order valence-electron chi connectivity index (χ2n) is 5.45. The molecule has 0 unspecified atom stereocenters. The molecule has 0 spiro atoms. The fraction of sp³-hybridized carbons (Fsp3) is 0.533. The minimum absolute atomic E-state index is 0.0439. The van der Waals surface area contributed by atoms with Crippen LogP contribution in [0.3, 0.4) is 0 Å². The van der Waals surface area contributed by atoms with Gasteiger partial charge in [0, 0.05) is 24.1 Å². The highest BCUT2D eigenvalue weighted by Gasteiger charge is 2.33. The van der Waals surface area contributed by atoms with Crippen LogP contribution in [-0.2, 0) is 14.8 Å². The van der Waals surface area contributed by atoms with E-state index in [2.05, 4.69) is 21.2 Å². The summed E-state index contributed by atoms with van der Waals surface area (Å²) in [6.07, 6.45) is 2.32. The van der Waals surface area contributed by atoms with Gasteiger partial charge in [-0.25, -0.2) is 8.42 Å². The maximum atomic E-state index is 12.7. The van der Waals surface area contributed by atoms with E-state index in [1.807, 2.05) is 6.92 Å². The van der Waals surface area contributed by atoms with Crippen molar-refractivity contribution in [3.63, 3.8) is 0 Å². The second-order valence-corrected chi connectivity index (χ2v) is 8.30. The molecule has 1 aliphatic heterocycles. The zero-order valence-electron chi connectivity index (χ0n) is 12.6. The van der Waals surface area contributed by atoms with Gasteiger partial charge in [0.2, 0.25) is 15.9 Å². The summed E-state index contributed by atoms with van der Waals surface area (Å²) in [5.74, 6) is -0.303. The summed E-state index contributed by atoms with van der Waals surface area (Å²) in [6.45, 7) is 3.35. The van der Waals surface area contributed by atoms with Crippen molar-refractivity contribution >= 4 is 31.9 Å². The Morgan fingerprint density at radius 1 is 1.36 bits per heavy atom. The van der Waals surface area contributed by atoms with Gasteiger partial charge >= 0.3 is 0 Å². The summed E-state index contributed by atoms with van der Waals surface area (Å²) < 4.78 is 27.6. The molecular weight excluding hydrogens is 368 g/mol. The zero-order chi connectivity index (χ0) is 16.2. The molecule has 1 amide bonds. The molecule has 2 rings (SSSR count). The number of amides is 1. The third-order valence-corrected chi connectivity index (χ3v) is 6.16. The standard InChI is InChI=1S/C15H21BrN2O3S/c1-2-9-17-15(19)12-4-3-10-18(11-12)22(20,21)14-7-5-13(16)6-8-14/h5-8,12H,2-4,9-11H2,1H3,(H,17,19)/t12-/m0/s1. The van der Waals surface area contributed by atoms with Crippen LogP contribution in [0.5, 0.6) is 0 Å². The van der Waals surface area contributed by atoms with Crippen LogP contribution in [0.15, 0.2) is 33.6 Å². The van der Waals surface area contributed by atoms with Crippen molar-refractivity contribution in [3.05, 3.63) is 28.7 Å². The number of piperidine rings is 1. The predicted molar refractivity (Wildman–Crippen MR) is 88.9 cm³/mol. The molecule has 0 aliphatic carbocycles. The minimum atomic E-state index is -3.53. The Morgan fingerprint density at radius 2 is 2.05 bits per heavy atom. The topological polar surface area (TPSA) is 66.5 Å². The normalized spacial score (nSPS) is 19.8. The fourth-order valence-corrected chi connectivity index (χ4v) is 4.31. The molecule has 0 bridgehead atoms. The lowest BCUT2D eigenvalue weighted by Gasteiger charge is -2.31. The SMILES string of the molecule is CCCNC(=O)[C@H]1CCCN(S(=O)(=O)c2ccc(Br)cc2)C1. The first-order valence-corrected chi connectivity index (χ1v) is 9.72. The van der Waals surface area contributed by atoms with E-state index >= 15 is 0 Å². The van der Waals surface area contributed by atoms with Crippen LogP contribution in [-0.4, -0.2) is 38.3 Å². The zero-order valence-corrected chi connectivity index (χ0v) is 15.0. The van der Waals surface area contributed by atoms with E-state index in [4.69, 9.17) is 0 Å². The summed E-state index contributed by atoms with van der Waals surface area (Å²) >= 11 is 3.30. The monoisotopic (exact) mass is 388 g/mol. The second kappa shape index (κ2) is 7.57. The van der Waals surface area contributed by atoms with Crippen molar-refractivity contribution in [1.29, 1.82) is 0 Å². The number of halogens is 1. The van der Waals surface area contributed by atoms with Crippen molar-refractivity contribution in [1.82, 2.24) is 9.62 Å². The molecule has 7 heteroatoms. The first kappa shape index (κ1) is 17.4. The number of hydrogen-bond acceptors (Lipinski definition) is 3. The molecule has 22 heavy (non-hydrogen) atoms. The number of nitrogens with zero attached hydrogens (tertiary/aromatic N) is 1. The van der Waals surface area contributed by atoms with Gasteiger partial charge in [-0.1, -0.05) is 22.9 Å². The Balaban J connectivity index is 2.11. The number of rotatable bonds is 5. The van der Waals surface area contributed by atoms with E-state index in [-0.39, 0.29) is 23.3 Å². The van der Waals surface area contributed by atoms with E-state index < -0.39 is 10.0 Å².